The quantitative estimate of drug-likeness (QED) is 0.327. The van der Waals surface area contributed by atoms with Gasteiger partial charge in [-0.1, -0.05) is 12.6 Å². The van der Waals surface area contributed by atoms with E-state index in [-0.39, 0.29) is 5.91 Å². The van der Waals surface area contributed by atoms with Crippen molar-refractivity contribution in [2.45, 2.75) is 0 Å². The third-order valence-corrected chi connectivity index (χ3v) is 6.93. The van der Waals surface area contributed by atoms with Crippen LogP contribution < -0.4 is 20.3 Å². The number of thiophene rings is 1. The summed E-state index contributed by atoms with van der Waals surface area (Å²) in [6.45, 7) is 7.77. The highest BCUT2D eigenvalue weighted by atomic mass is 32.1. The van der Waals surface area contributed by atoms with Gasteiger partial charge in [0.2, 0.25) is 11.8 Å². The van der Waals surface area contributed by atoms with Crippen LogP contribution in [0.1, 0.15) is 0 Å². The molecular weight excluding hydrogens is 458 g/mol. The number of fused-ring (bicyclic) bond motifs is 1. The van der Waals surface area contributed by atoms with Gasteiger partial charge >= 0.3 is 0 Å². The lowest BCUT2D eigenvalue weighted by atomic mass is 10.2. The monoisotopic (exact) mass is 485 g/mol. The molecule has 0 radical (unpaired) electrons. The average Bonchev–Trinajstić information content (AvgIpc) is 3.29. The Labute approximate surface area is 208 Å². The van der Waals surface area contributed by atoms with Crippen LogP contribution >= 0.6 is 11.3 Å². The van der Waals surface area contributed by atoms with E-state index in [0.717, 1.165) is 47.0 Å². The van der Waals surface area contributed by atoms with E-state index < -0.39 is 0 Å². The lowest BCUT2D eigenvalue weighted by Gasteiger charge is -2.34. The molecule has 0 unspecified atom stereocenters. The molecule has 2 N–H and O–H groups in total. The number of aromatic nitrogens is 1. The molecule has 4 aromatic rings. The van der Waals surface area contributed by atoms with Gasteiger partial charge in [0, 0.05) is 60.2 Å². The summed E-state index contributed by atoms with van der Waals surface area (Å²) < 4.78 is 7.16. The third-order valence-electron chi connectivity index (χ3n) is 5.91. The summed E-state index contributed by atoms with van der Waals surface area (Å²) in [6, 6.07) is 19.8. The third kappa shape index (κ3) is 5.45. The molecule has 2 aromatic carbocycles. The Balaban J connectivity index is 1.30. The standard InChI is InChI=1S/C27H27N5O2S/c1-3-25(33)29-20-5-4-6-22(17-20)34-27-23-18-26(35-24(23)11-12-28-27)30-19-7-9-21(10-8-19)32-15-13-31(2)14-16-32/h3-12,17-18,30H,1,13-16H2,2H3,(H,29,33). The Bertz CT molecular complexity index is 1340. The van der Waals surface area contributed by atoms with Crippen molar-refractivity contribution >= 4 is 49.4 Å². The van der Waals surface area contributed by atoms with Gasteiger partial charge in [-0.15, -0.1) is 11.3 Å². The Morgan fingerprint density at radius 1 is 1.06 bits per heavy atom. The van der Waals surface area contributed by atoms with Gasteiger partial charge in [0.05, 0.1) is 10.4 Å². The zero-order valence-electron chi connectivity index (χ0n) is 19.5. The van der Waals surface area contributed by atoms with Gasteiger partial charge in [-0.3, -0.25) is 4.79 Å². The number of hydrogen-bond acceptors (Lipinski definition) is 7. The minimum Gasteiger partial charge on any atom is -0.438 e. The first-order chi connectivity index (χ1) is 17.1. The summed E-state index contributed by atoms with van der Waals surface area (Å²) in [5, 5.41) is 8.19. The second-order valence-corrected chi connectivity index (χ2v) is 9.51. The summed E-state index contributed by atoms with van der Waals surface area (Å²) in [4.78, 5) is 20.8. The second-order valence-electron chi connectivity index (χ2n) is 8.42. The predicted molar refractivity (Wildman–Crippen MR) is 144 cm³/mol. The largest absolute Gasteiger partial charge is 0.438 e. The van der Waals surface area contributed by atoms with Crippen molar-refractivity contribution in [3.05, 3.63) is 79.5 Å². The summed E-state index contributed by atoms with van der Waals surface area (Å²) >= 11 is 1.65. The summed E-state index contributed by atoms with van der Waals surface area (Å²) in [5.41, 5.74) is 2.93. The van der Waals surface area contributed by atoms with Crippen LogP contribution in [-0.2, 0) is 4.79 Å². The maximum Gasteiger partial charge on any atom is 0.247 e. The Hall–Kier alpha value is -3.88. The van der Waals surface area contributed by atoms with Crippen LogP contribution in [0.4, 0.5) is 22.1 Å². The fourth-order valence-electron chi connectivity index (χ4n) is 3.99. The maximum atomic E-state index is 11.6. The van der Waals surface area contributed by atoms with Crippen LogP contribution in [0.15, 0.2) is 79.5 Å². The normalized spacial score (nSPS) is 14.0. The number of carbonyl (C=O) groups excluding carboxylic acids is 1. The van der Waals surface area contributed by atoms with Crippen molar-refractivity contribution in [2.24, 2.45) is 0 Å². The molecule has 178 valence electrons. The van der Waals surface area contributed by atoms with Gasteiger partial charge in [-0.05, 0) is 61.7 Å². The van der Waals surface area contributed by atoms with E-state index in [4.69, 9.17) is 4.74 Å². The summed E-state index contributed by atoms with van der Waals surface area (Å²) in [5.74, 6) is 0.837. The molecule has 35 heavy (non-hydrogen) atoms. The number of amides is 1. The molecule has 8 heteroatoms. The Morgan fingerprint density at radius 2 is 1.86 bits per heavy atom. The van der Waals surface area contributed by atoms with Crippen LogP contribution in [0.5, 0.6) is 11.6 Å². The van der Waals surface area contributed by atoms with E-state index in [0.29, 0.717) is 17.3 Å². The Morgan fingerprint density at radius 3 is 2.63 bits per heavy atom. The number of likely N-dealkylation sites (N-methyl/N-ethyl adjacent to an activating group) is 1. The molecule has 5 rings (SSSR count). The zero-order chi connectivity index (χ0) is 24.2. The minimum atomic E-state index is -0.271. The lowest BCUT2D eigenvalue weighted by Crippen LogP contribution is -2.44. The molecule has 1 saturated heterocycles. The van der Waals surface area contributed by atoms with Crippen LogP contribution in [-0.4, -0.2) is 49.0 Å². The van der Waals surface area contributed by atoms with Crippen molar-refractivity contribution in [1.29, 1.82) is 0 Å². The number of carbonyl (C=O) groups is 1. The average molecular weight is 486 g/mol. The number of nitrogens with one attached hydrogen (secondary N) is 2. The van der Waals surface area contributed by atoms with Gasteiger partial charge in [-0.2, -0.15) is 0 Å². The molecule has 0 bridgehead atoms. The first kappa shape index (κ1) is 22.9. The predicted octanol–water partition coefficient (Wildman–Crippen LogP) is 5.71. The molecule has 2 aromatic heterocycles. The molecule has 0 spiro atoms. The molecule has 0 aliphatic carbocycles. The molecule has 0 saturated carbocycles. The van der Waals surface area contributed by atoms with Crippen LogP contribution in [0.3, 0.4) is 0 Å². The second kappa shape index (κ2) is 10.2. The number of pyridine rings is 1. The van der Waals surface area contributed by atoms with E-state index in [1.165, 1.54) is 11.8 Å². The molecule has 1 aliphatic rings. The fraction of sp³-hybridized carbons (Fsp3) is 0.185. The fourth-order valence-corrected chi connectivity index (χ4v) is 4.95. The summed E-state index contributed by atoms with van der Waals surface area (Å²) in [7, 11) is 2.17. The van der Waals surface area contributed by atoms with E-state index >= 15 is 0 Å². The van der Waals surface area contributed by atoms with Gasteiger partial charge in [-0.25, -0.2) is 4.98 Å². The first-order valence-electron chi connectivity index (χ1n) is 11.5. The Kier molecular flexibility index (Phi) is 6.65. The highest BCUT2D eigenvalue weighted by Gasteiger charge is 2.14. The molecule has 3 heterocycles. The number of hydrogen-bond donors (Lipinski definition) is 2. The molecule has 7 nitrogen and oxygen atoms in total. The van der Waals surface area contributed by atoms with Crippen LogP contribution in [0.25, 0.3) is 10.1 Å². The van der Waals surface area contributed by atoms with E-state index in [2.05, 4.69) is 69.4 Å². The molecular formula is C27H27N5O2S. The van der Waals surface area contributed by atoms with Crippen LogP contribution in [0, 0.1) is 0 Å². The summed E-state index contributed by atoms with van der Waals surface area (Å²) in [6.07, 6.45) is 2.97. The molecule has 1 fully saturated rings. The highest BCUT2D eigenvalue weighted by Crippen LogP contribution is 2.37. The van der Waals surface area contributed by atoms with Gasteiger partial charge in [0.1, 0.15) is 5.75 Å². The van der Waals surface area contributed by atoms with Crippen molar-refractivity contribution in [2.75, 3.05) is 48.8 Å². The highest BCUT2D eigenvalue weighted by molar-refractivity contribution is 7.22. The number of piperazine rings is 1. The first-order valence-corrected chi connectivity index (χ1v) is 12.3. The zero-order valence-corrected chi connectivity index (χ0v) is 20.3. The van der Waals surface area contributed by atoms with Gasteiger partial charge in [0.15, 0.2) is 0 Å². The lowest BCUT2D eigenvalue weighted by molar-refractivity contribution is -0.111. The SMILES string of the molecule is C=CC(=O)Nc1cccc(Oc2nccc3sc(Nc4ccc(N5CCN(C)CC5)cc4)cc23)c1. The molecule has 0 atom stereocenters. The van der Waals surface area contributed by atoms with Gasteiger partial charge < -0.3 is 25.2 Å². The molecule has 1 amide bonds. The van der Waals surface area contributed by atoms with Gasteiger partial charge in [0.25, 0.3) is 0 Å². The number of ether oxygens (including phenoxy) is 1. The number of anilines is 4. The number of rotatable bonds is 7. The van der Waals surface area contributed by atoms with E-state index in [9.17, 15) is 4.79 Å². The van der Waals surface area contributed by atoms with Crippen molar-refractivity contribution in [3.8, 4) is 11.6 Å². The van der Waals surface area contributed by atoms with Crippen molar-refractivity contribution in [1.82, 2.24) is 9.88 Å². The van der Waals surface area contributed by atoms with Crippen molar-refractivity contribution < 1.29 is 9.53 Å². The topological polar surface area (TPSA) is 69.7 Å². The minimum absolute atomic E-state index is 0.271. The van der Waals surface area contributed by atoms with E-state index in [1.54, 1.807) is 29.7 Å². The van der Waals surface area contributed by atoms with Crippen LogP contribution in [0.2, 0.25) is 0 Å². The number of benzene rings is 2. The van der Waals surface area contributed by atoms with Crippen molar-refractivity contribution in [3.63, 3.8) is 0 Å². The van der Waals surface area contributed by atoms with E-state index in [1.807, 2.05) is 18.2 Å². The smallest absolute Gasteiger partial charge is 0.247 e. The number of nitrogens with zero attached hydrogens (tertiary/aromatic N) is 3. The molecule has 1 aliphatic heterocycles. The maximum absolute atomic E-state index is 11.6.